The lowest BCUT2D eigenvalue weighted by Gasteiger charge is -2.45. The highest BCUT2D eigenvalue weighted by Crippen LogP contribution is 2.43. The Balaban J connectivity index is 1.30. The number of likely N-dealkylation sites (tertiary alicyclic amines) is 1. The van der Waals surface area contributed by atoms with Gasteiger partial charge in [-0.15, -0.1) is 0 Å². The van der Waals surface area contributed by atoms with Crippen LogP contribution in [0.1, 0.15) is 50.1 Å². The zero-order valence-electron chi connectivity index (χ0n) is 19.7. The summed E-state index contributed by atoms with van der Waals surface area (Å²) in [5.74, 6) is -2.14. The molecular weight excluding hydrogens is 459 g/mol. The third kappa shape index (κ3) is 3.98. The number of anilines is 1. The molecule has 3 N–H and O–H groups in total. The lowest BCUT2D eigenvalue weighted by Crippen LogP contribution is -2.51. The topological polar surface area (TPSA) is 88.6 Å². The lowest BCUT2D eigenvalue weighted by molar-refractivity contribution is -0.0570. The van der Waals surface area contributed by atoms with Crippen LogP contribution in [0.2, 0.25) is 0 Å². The molecule has 0 amide bonds. The van der Waals surface area contributed by atoms with Crippen LogP contribution in [0.15, 0.2) is 21.9 Å². The second kappa shape index (κ2) is 8.48. The molecule has 35 heavy (non-hydrogen) atoms. The summed E-state index contributed by atoms with van der Waals surface area (Å²) in [5.41, 5.74) is 4.06. The largest absolute Gasteiger partial charge is 0.380 e. The van der Waals surface area contributed by atoms with Gasteiger partial charge in [-0.25, -0.2) is 23.7 Å². The molecule has 11 heteroatoms. The zero-order valence-corrected chi connectivity index (χ0v) is 19.7. The van der Waals surface area contributed by atoms with Crippen LogP contribution in [0.4, 0.5) is 18.9 Å². The van der Waals surface area contributed by atoms with Crippen LogP contribution in [0.3, 0.4) is 0 Å². The van der Waals surface area contributed by atoms with Gasteiger partial charge in [0, 0.05) is 43.0 Å². The highest BCUT2D eigenvalue weighted by atomic mass is 19.3. The molecule has 4 aliphatic rings. The molecule has 1 aromatic heterocycles. The Morgan fingerprint density at radius 1 is 1.11 bits per heavy atom. The first-order chi connectivity index (χ1) is 16.8. The summed E-state index contributed by atoms with van der Waals surface area (Å²) < 4.78 is 41.7. The number of likely N-dealkylation sites (N-methyl/N-ethyl adjacent to an activating group) is 1. The minimum atomic E-state index is -2.52. The molecule has 188 valence electrons. The van der Waals surface area contributed by atoms with Crippen molar-refractivity contribution in [1.29, 1.82) is 0 Å². The number of rotatable bonds is 3. The van der Waals surface area contributed by atoms with Gasteiger partial charge in [-0.1, -0.05) is 0 Å². The summed E-state index contributed by atoms with van der Waals surface area (Å²) >= 11 is 0. The van der Waals surface area contributed by atoms with Crippen molar-refractivity contribution in [3.63, 3.8) is 0 Å². The van der Waals surface area contributed by atoms with E-state index in [-0.39, 0.29) is 42.1 Å². The SMILES string of the molecule is CN1NCN=C1[C@H]1c2n[nH]c(=O)c3cc(F)cc(c23)N[C@@H]1C1CCN(C2CCC(F)(F)CC2)CC1. The molecule has 2 aromatic rings. The maximum Gasteiger partial charge on any atom is 0.272 e. The smallest absolute Gasteiger partial charge is 0.272 e. The van der Waals surface area contributed by atoms with Crippen molar-refractivity contribution in [3.8, 4) is 0 Å². The fourth-order valence-electron chi connectivity index (χ4n) is 6.48. The Morgan fingerprint density at radius 2 is 1.86 bits per heavy atom. The fraction of sp³-hybridized carbons (Fsp3) is 0.625. The molecule has 8 nitrogen and oxygen atoms in total. The molecule has 1 aliphatic carbocycles. The molecule has 6 rings (SSSR count). The number of hydrogen-bond acceptors (Lipinski definition) is 7. The number of alkyl halides is 2. The molecule has 1 saturated carbocycles. The molecular formula is C24H30F3N7O. The van der Waals surface area contributed by atoms with Gasteiger partial charge in [0.05, 0.1) is 17.0 Å². The molecule has 0 spiro atoms. The second-order valence-electron chi connectivity index (χ2n) is 10.3. The van der Waals surface area contributed by atoms with Crippen LogP contribution >= 0.6 is 0 Å². The van der Waals surface area contributed by atoms with Crippen LogP contribution in [0.25, 0.3) is 10.8 Å². The number of aromatic nitrogens is 2. The van der Waals surface area contributed by atoms with Crippen molar-refractivity contribution < 1.29 is 13.2 Å². The van der Waals surface area contributed by atoms with Gasteiger partial charge in [0.2, 0.25) is 5.92 Å². The van der Waals surface area contributed by atoms with Crippen LogP contribution in [-0.2, 0) is 0 Å². The summed E-state index contributed by atoms with van der Waals surface area (Å²) in [7, 11) is 1.91. The number of H-pyrrole nitrogens is 1. The molecule has 0 unspecified atom stereocenters. The Kier molecular flexibility index (Phi) is 5.52. The standard InChI is InChI=1S/C24H30F3N7O/c1-33-22(28-12-29-33)19-20(13-4-8-34(9-5-13)15-2-6-24(26,27)7-3-15)30-17-11-14(25)10-16-18(17)21(19)31-32-23(16)35/h10-11,13,15,19-20,29-30H,2-9,12H2,1H3,(H,32,35)/t19-,20-/m1/s1. The number of hydrazine groups is 1. The molecule has 1 aromatic carbocycles. The van der Waals surface area contributed by atoms with E-state index >= 15 is 0 Å². The molecule has 2 fully saturated rings. The van der Waals surface area contributed by atoms with E-state index in [1.807, 2.05) is 12.1 Å². The van der Waals surface area contributed by atoms with Gasteiger partial charge in [-0.3, -0.25) is 14.8 Å². The van der Waals surface area contributed by atoms with E-state index in [1.165, 1.54) is 12.1 Å². The molecule has 2 atom stereocenters. The molecule has 4 heterocycles. The van der Waals surface area contributed by atoms with E-state index in [0.717, 1.165) is 31.8 Å². The Bertz CT molecular complexity index is 1210. The van der Waals surface area contributed by atoms with E-state index in [0.29, 0.717) is 36.3 Å². The molecule has 3 aliphatic heterocycles. The van der Waals surface area contributed by atoms with Gasteiger partial charge in [0.25, 0.3) is 5.56 Å². The number of benzene rings is 1. The third-order valence-corrected chi connectivity index (χ3v) is 8.31. The average Bonchev–Trinajstić information content (AvgIpc) is 3.26. The number of aliphatic imine (C=N–C) groups is 1. The number of hydrogen-bond donors (Lipinski definition) is 3. The van der Waals surface area contributed by atoms with Gasteiger partial charge in [-0.05, 0) is 56.8 Å². The molecule has 1 saturated heterocycles. The number of nitrogens with one attached hydrogen (secondary N) is 3. The van der Waals surface area contributed by atoms with Crippen LogP contribution in [0.5, 0.6) is 0 Å². The van der Waals surface area contributed by atoms with Gasteiger partial charge < -0.3 is 10.2 Å². The summed E-state index contributed by atoms with van der Waals surface area (Å²) in [6.07, 6.45) is 2.81. The average molecular weight is 490 g/mol. The van der Waals surface area contributed by atoms with Crippen molar-refractivity contribution >= 4 is 22.3 Å². The third-order valence-electron chi connectivity index (χ3n) is 8.31. The predicted octanol–water partition coefficient (Wildman–Crippen LogP) is 3.04. The quantitative estimate of drug-likeness (QED) is 0.614. The molecule has 0 radical (unpaired) electrons. The number of halogens is 3. The van der Waals surface area contributed by atoms with Crippen molar-refractivity contribution in [2.24, 2.45) is 10.9 Å². The highest BCUT2D eigenvalue weighted by Gasteiger charge is 2.44. The van der Waals surface area contributed by atoms with E-state index < -0.39 is 17.3 Å². The van der Waals surface area contributed by atoms with Crippen LogP contribution < -0.4 is 16.3 Å². The Hall–Kier alpha value is -2.66. The van der Waals surface area contributed by atoms with E-state index in [1.54, 1.807) is 0 Å². The summed E-state index contributed by atoms with van der Waals surface area (Å²) in [5, 5.41) is 13.4. The number of piperidine rings is 1. The van der Waals surface area contributed by atoms with Gasteiger partial charge in [0.1, 0.15) is 18.3 Å². The van der Waals surface area contributed by atoms with Crippen molar-refractivity contribution in [3.05, 3.63) is 34.0 Å². The number of amidine groups is 1. The van der Waals surface area contributed by atoms with Crippen LogP contribution in [-0.4, -0.2) is 70.8 Å². The second-order valence-corrected chi connectivity index (χ2v) is 10.3. The van der Waals surface area contributed by atoms with Crippen molar-refractivity contribution in [2.75, 3.05) is 32.1 Å². The lowest BCUT2D eigenvalue weighted by atomic mass is 9.76. The first kappa shape index (κ1) is 22.8. The van der Waals surface area contributed by atoms with Crippen LogP contribution in [0, 0.1) is 11.7 Å². The van der Waals surface area contributed by atoms with Gasteiger partial charge >= 0.3 is 0 Å². The fourth-order valence-corrected chi connectivity index (χ4v) is 6.48. The monoisotopic (exact) mass is 489 g/mol. The van der Waals surface area contributed by atoms with Crippen molar-refractivity contribution in [2.45, 2.75) is 62.4 Å². The maximum absolute atomic E-state index is 14.4. The van der Waals surface area contributed by atoms with E-state index in [4.69, 9.17) is 4.99 Å². The van der Waals surface area contributed by atoms with Crippen molar-refractivity contribution in [1.82, 2.24) is 25.5 Å². The zero-order chi connectivity index (χ0) is 24.3. The Morgan fingerprint density at radius 3 is 2.54 bits per heavy atom. The summed E-state index contributed by atoms with van der Waals surface area (Å²) in [4.78, 5) is 19.5. The van der Waals surface area contributed by atoms with E-state index in [2.05, 4.69) is 25.8 Å². The minimum Gasteiger partial charge on any atom is -0.380 e. The summed E-state index contributed by atoms with van der Waals surface area (Å²) in [6, 6.07) is 2.82. The first-order valence-electron chi connectivity index (χ1n) is 12.4. The minimum absolute atomic E-state index is 0.0285. The highest BCUT2D eigenvalue weighted by molar-refractivity contribution is 6.02. The Labute approximate surface area is 200 Å². The first-order valence-corrected chi connectivity index (χ1v) is 12.4. The molecule has 0 bridgehead atoms. The summed E-state index contributed by atoms with van der Waals surface area (Å²) in [6.45, 7) is 2.15. The maximum atomic E-state index is 14.4. The number of nitrogens with zero attached hydrogens (tertiary/aromatic N) is 4. The van der Waals surface area contributed by atoms with Gasteiger partial charge in [0.15, 0.2) is 0 Å². The van der Waals surface area contributed by atoms with Gasteiger partial charge in [-0.2, -0.15) is 5.10 Å². The predicted molar refractivity (Wildman–Crippen MR) is 127 cm³/mol. The van der Waals surface area contributed by atoms with E-state index in [9.17, 15) is 18.0 Å². The number of aromatic amines is 1. The normalized spacial score (nSPS) is 27.8.